The molecule has 0 spiro atoms. The maximum Gasteiger partial charge on any atom is 0.228 e. The lowest BCUT2D eigenvalue weighted by Crippen LogP contribution is -2.67. The number of halogens is 2. The number of aliphatic hydroxyl groups is 2. The van der Waals surface area contributed by atoms with E-state index in [9.17, 15) is 9.90 Å². The number of amides is 1. The van der Waals surface area contributed by atoms with Gasteiger partial charge in [0.2, 0.25) is 5.91 Å². The minimum absolute atomic E-state index is 0.0843. The molecule has 5 unspecified atom stereocenters. The number of ether oxygens (including phenoxy) is 1. The quantitative estimate of drug-likeness (QED) is 0.472. The van der Waals surface area contributed by atoms with Gasteiger partial charge in [-0.1, -0.05) is 48.3 Å². The lowest BCUT2D eigenvalue weighted by Gasteiger charge is -2.55. The van der Waals surface area contributed by atoms with Gasteiger partial charge in [0.25, 0.3) is 0 Å². The molecule has 5 N–H and O–H groups in total. The molecule has 2 aliphatic rings. The molecule has 2 fully saturated rings. The van der Waals surface area contributed by atoms with Crippen LogP contribution in [-0.4, -0.2) is 47.5 Å². The SMILES string of the molecule is CCC12CCC(c3ccc(OCCO)cc3Cl)C(c3ccc(Cl)cc3)C1(N)C(CO)NC2=O. The first-order chi connectivity index (χ1) is 15.8. The molecule has 1 saturated heterocycles. The van der Waals surface area contributed by atoms with E-state index >= 15 is 0 Å². The van der Waals surface area contributed by atoms with E-state index in [-0.39, 0.29) is 37.6 Å². The van der Waals surface area contributed by atoms with Crippen LogP contribution >= 0.6 is 23.2 Å². The Balaban J connectivity index is 1.86. The summed E-state index contributed by atoms with van der Waals surface area (Å²) in [7, 11) is 0. The predicted octanol–water partition coefficient (Wildman–Crippen LogP) is 3.61. The highest BCUT2D eigenvalue weighted by Crippen LogP contribution is 2.61. The molecule has 1 aliphatic carbocycles. The van der Waals surface area contributed by atoms with Gasteiger partial charge in [-0.3, -0.25) is 4.79 Å². The molecule has 1 aliphatic heterocycles. The third-order valence-corrected chi connectivity index (χ3v) is 8.27. The van der Waals surface area contributed by atoms with Crippen LogP contribution in [0.5, 0.6) is 5.75 Å². The van der Waals surface area contributed by atoms with Crippen LogP contribution in [0.4, 0.5) is 0 Å². The van der Waals surface area contributed by atoms with Crippen molar-refractivity contribution in [2.75, 3.05) is 19.8 Å². The van der Waals surface area contributed by atoms with E-state index in [1.54, 1.807) is 6.07 Å². The number of hydrogen-bond donors (Lipinski definition) is 4. The molecule has 4 rings (SSSR count). The molecule has 8 heteroatoms. The first-order valence-corrected chi connectivity index (χ1v) is 12.1. The highest BCUT2D eigenvalue weighted by molar-refractivity contribution is 6.31. The van der Waals surface area contributed by atoms with E-state index in [0.29, 0.717) is 35.1 Å². The number of rotatable bonds is 7. The molecule has 33 heavy (non-hydrogen) atoms. The summed E-state index contributed by atoms with van der Waals surface area (Å²) in [5.41, 5.74) is 7.32. The maximum absolute atomic E-state index is 13.2. The molecule has 2 aromatic rings. The van der Waals surface area contributed by atoms with Gasteiger partial charge in [0, 0.05) is 16.0 Å². The van der Waals surface area contributed by atoms with Crippen molar-refractivity contribution in [3.05, 3.63) is 63.6 Å². The Hall–Kier alpha value is -1.83. The van der Waals surface area contributed by atoms with Crippen molar-refractivity contribution in [1.29, 1.82) is 0 Å². The molecule has 1 amide bonds. The van der Waals surface area contributed by atoms with Crippen molar-refractivity contribution in [3.63, 3.8) is 0 Å². The number of carbonyl (C=O) groups is 1. The summed E-state index contributed by atoms with van der Waals surface area (Å²) < 4.78 is 5.51. The number of nitrogens with two attached hydrogens (primary N) is 1. The van der Waals surface area contributed by atoms with E-state index in [4.69, 9.17) is 38.8 Å². The maximum atomic E-state index is 13.2. The molecule has 2 aromatic carbocycles. The number of nitrogens with one attached hydrogen (secondary N) is 1. The predicted molar refractivity (Wildman–Crippen MR) is 129 cm³/mol. The fourth-order valence-electron chi connectivity index (χ4n) is 6.11. The van der Waals surface area contributed by atoms with Gasteiger partial charge in [-0.2, -0.15) is 0 Å². The smallest absolute Gasteiger partial charge is 0.228 e. The van der Waals surface area contributed by atoms with Gasteiger partial charge >= 0.3 is 0 Å². The third-order valence-electron chi connectivity index (χ3n) is 7.69. The van der Waals surface area contributed by atoms with Crippen LogP contribution in [0.25, 0.3) is 0 Å². The van der Waals surface area contributed by atoms with Crippen molar-refractivity contribution >= 4 is 29.1 Å². The van der Waals surface area contributed by atoms with Gasteiger partial charge in [-0.25, -0.2) is 0 Å². The first kappa shape index (κ1) is 24.3. The van der Waals surface area contributed by atoms with Crippen LogP contribution in [0.2, 0.25) is 10.0 Å². The zero-order valence-corrected chi connectivity index (χ0v) is 20.1. The molecule has 1 saturated carbocycles. The standard InChI is InChI=1S/C25H30Cl2N2O4/c1-2-24-10-9-19(18-8-7-17(13-20(18)27)33-12-11-30)22(15-3-5-16(26)6-4-15)25(24,28)21(14-31)29-23(24)32/h3-8,13,19,21-22,30-31H,2,9-12,14,28H2,1H3,(H,29,32). The zero-order chi connectivity index (χ0) is 23.8. The number of benzene rings is 2. The van der Waals surface area contributed by atoms with Crippen LogP contribution in [0, 0.1) is 5.41 Å². The van der Waals surface area contributed by atoms with Crippen molar-refractivity contribution in [2.45, 2.75) is 49.6 Å². The summed E-state index contributed by atoms with van der Waals surface area (Å²) in [6.45, 7) is 1.84. The summed E-state index contributed by atoms with van der Waals surface area (Å²) >= 11 is 12.9. The Labute approximate surface area is 204 Å². The fraction of sp³-hybridized carbons (Fsp3) is 0.480. The summed E-state index contributed by atoms with van der Waals surface area (Å²) in [6, 6.07) is 12.5. The van der Waals surface area contributed by atoms with E-state index < -0.39 is 17.0 Å². The van der Waals surface area contributed by atoms with Gasteiger partial charge in [-0.15, -0.1) is 0 Å². The Morgan fingerprint density at radius 1 is 1.18 bits per heavy atom. The molecule has 0 bridgehead atoms. The van der Waals surface area contributed by atoms with Crippen LogP contribution in [0.15, 0.2) is 42.5 Å². The summed E-state index contributed by atoms with van der Waals surface area (Å²) in [5.74, 6) is 0.106. The summed E-state index contributed by atoms with van der Waals surface area (Å²) in [5, 5.41) is 23.4. The Bertz CT molecular complexity index is 1020. The average Bonchev–Trinajstić information content (AvgIpc) is 3.04. The number of hydrogen-bond acceptors (Lipinski definition) is 5. The van der Waals surface area contributed by atoms with Gasteiger partial charge in [0.15, 0.2) is 0 Å². The highest BCUT2D eigenvalue weighted by atomic mass is 35.5. The third kappa shape index (κ3) is 3.82. The second-order valence-electron chi connectivity index (χ2n) is 9.01. The molecule has 178 valence electrons. The zero-order valence-electron chi connectivity index (χ0n) is 18.6. The van der Waals surface area contributed by atoms with E-state index in [0.717, 1.165) is 11.1 Å². The lowest BCUT2D eigenvalue weighted by molar-refractivity contribution is -0.132. The monoisotopic (exact) mass is 492 g/mol. The lowest BCUT2D eigenvalue weighted by atomic mass is 9.50. The topological polar surface area (TPSA) is 105 Å². The number of aliphatic hydroxyl groups excluding tert-OH is 2. The number of fused-ring (bicyclic) bond motifs is 1. The van der Waals surface area contributed by atoms with Gasteiger partial charge in [0.05, 0.1) is 30.2 Å². The Morgan fingerprint density at radius 3 is 2.52 bits per heavy atom. The minimum atomic E-state index is -1.03. The van der Waals surface area contributed by atoms with Gasteiger partial charge in [0.1, 0.15) is 12.4 Å². The Morgan fingerprint density at radius 2 is 1.91 bits per heavy atom. The van der Waals surface area contributed by atoms with E-state index in [2.05, 4.69) is 5.32 Å². The second kappa shape index (κ2) is 9.43. The van der Waals surface area contributed by atoms with E-state index in [1.165, 1.54) is 0 Å². The Kier molecular flexibility index (Phi) is 6.95. The molecular formula is C25H30Cl2N2O4. The van der Waals surface area contributed by atoms with Crippen molar-refractivity contribution < 1.29 is 19.7 Å². The highest BCUT2D eigenvalue weighted by Gasteiger charge is 2.68. The second-order valence-corrected chi connectivity index (χ2v) is 9.85. The fourth-order valence-corrected chi connectivity index (χ4v) is 6.54. The largest absolute Gasteiger partial charge is 0.491 e. The first-order valence-electron chi connectivity index (χ1n) is 11.3. The number of carbonyl (C=O) groups excluding carboxylic acids is 1. The van der Waals surface area contributed by atoms with Crippen LogP contribution in [-0.2, 0) is 4.79 Å². The van der Waals surface area contributed by atoms with Crippen LogP contribution < -0.4 is 15.8 Å². The molecule has 6 nitrogen and oxygen atoms in total. The van der Waals surface area contributed by atoms with Crippen LogP contribution in [0.1, 0.15) is 49.1 Å². The minimum Gasteiger partial charge on any atom is -0.491 e. The normalized spacial score (nSPS) is 31.2. The molecular weight excluding hydrogens is 463 g/mol. The van der Waals surface area contributed by atoms with Crippen molar-refractivity contribution in [2.24, 2.45) is 11.1 Å². The molecule has 0 aromatic heterocycles. The van der Waals surface area contributed by atoms with Gasteiger partial charge < -0.3 is 26.0 Å². The molecule has 0 radical (unpaired) electrons. The summed E-state index contributed by atoms with van der Waals surface area (Å²) in [4.78, 5) is 13.2. The molecule has 1 heterocycles. The van der Waals surface area contributed by atoms with Crippen molar-refractivity contribution in [1.82, 2.24) is 5.32 Å². The van der Waals surface area contributed by atoms with Crippen molar-refractivity contribution in [3.8, 4) is 5.75 Å². The average molecular weight is 493 g/mol. The van der Waals surface area contributed by atoms with Crippen LogP contribution in [0.3, 0.4) is 0 Å². The van der Waals surface area contributed by atoms with E-state index in [1.807, 2.05) is 43.3 Å². The summed E-state index contributed by atoms with van der Waals surface area (Å²) in [6.07, 6.45) is 1.88. The molecule has 5 atom stereocenters. The van der Waals surface area contributed by atoms with Gasteiger partial charge in [-0.05, 0) is 60.6 Å².